The number of aromatic nitrogens is 3. The molecule has 9 heteroatoms. The molecule has 0 unspecified atom stereocenters. The molecule has 0 saturated heterocycles. The third-order valence-corrected chi connectivity index (χ3v) is 4.15. The Morgan fingerprint density at radius 1 is 1.30 bits per heavy atom. The number of benzene rings is 2. The molecule has 0 atom stereocenters. The van der Waals surface area contributed by atoms with Gasteiger partial charge in [0.2, 0.25) is 0 Å². The first kappa shape index (κ1) is 16.5. The van der Waals surface area contributed by atoms with E-state index in [1.165, 1.54) is 18.3 Å². The molecular formula is C18H14N6O3. The molecule has 4 rings (SSSR count). The van der Waals surface area contributed by atoms with E-state index in [-0.39, 0.29) is 11.3 Å². The molecule has 0 fully saturated rings. The minimum atomic E-state index is -0.680. The number of fused-ring (bicyclic) bond motifs is 2. The molecule has 3 N–H and O–H groups in total. The Kier molecular flexibility index (Phi) is 3.88. The minimum Gasteiger partial charge on any atom is -0.361 e. The number of nitro groups is 1. The monoisotopic (exact) mass is 362 g/mol. The van der Waals surface area contributed by atoms with Crippen molar-refractivity contribution < 1.29 is 9.72 Å². The van der Waals surface area contributed by atoms with E-state index < -0.39 is 10.8 Å². The van der Waals surface area contributed by atoms with E-state index in [1.807, 2.05) is 24.3 Å². The van der Waals surface area contributed by atoms with Crippen LogP contribution in [0.3, 0.4) is 0 Å². The summed E-state index contributed by atoms with van der Waals surface area (Å²) in [5.74, 6) is -0.0745. The van der Waals surface area contributed by atoms with Gasteiger partial charge in [0, 0.05) is 28.7 Å². The molecule has 0 saturated carbocycles. The fraction of sp³-hybridized carbons (Fsp3) is 0.0556. The van der Waals surface area contributed by atoms with Gasteiger partial charge in [-0.2, -0.15) is 5.10 Å². The summed E-state index contributed by atoms with van der Waals surface area (Å²) >= 11 is 0. The maximum atomic E-state index is 12.4. The van der Waals surface area contributed by atoms with E-state index in [2.05, 4.69) is 25.5 Å². The molecule has 4 aromatic rings. The van der Waals surface area contributed by atoms with Crippen LogP contribution in [0.2, 0.25) is 0 Å². The first-order chi connectivity index (χ1) is 13.0. The Labute approximate surface area is 152 Å². The third kappa shape index (κ3) is 3.01. The van der Waals surface area contributed by atoms with E-state index in [0.717, 1.165) is 16.5 Å². The smallest absolute Gasteiger partial charge is 0.284 e. The van der Waals surface area contributed by atoms with E-state index in [4.69, 9.17) is 0 Å². The van der Waals surface area contributed by atoms with Crippen molar-refractivity contribution in [3.63, 3.8) is 0 Å². The number of amides is 1. The molecule has 2 aromatic heterocycles. The Morgan fingerprint density at radius 3 is 2.93 bits per heavy atom. The van der Waals surface area contributed by atoms with Crippen molar-refractivity contribution in [1.82, 2.24) is 20.4 Å². The van der Waals surface area contributed by atoms with Gasteiger partial charge in [-0.3, -0.25) is 14.9 Å². The molecule has 0 aliphatic carbocycles. The highest BCUT2D eigenvalue weighted by atomic mass is 16.6. The Balaban J connectivity index is 1.62. The zero-order valence-corrected chi connectivity index (χ0v) is 14.2. The number of nitrogens with one attached hydrogen (secondary N) is 3. The summed E-state index contributed by atoms with van der Waals surface area (Å²) in [5, 5.41) is 16.2. The predicted octanol–water partition coefficient (Wildman–Crippen LogP) is 3.02. The van der Waals surface area contributed by atoms with Crippen LogP contribution in [-0.2, 0) is 0 Å². The standard InChI is InChI=1S/C18H14N6O3/c1-10-21-15-6-13(17(24(26)27)7-16(15)22-10)18(25)23-20-9-11-8-19-14-5-3-2-4-12(11)14/h2-9,19H,1H3,(H,21,22)(H,23,25)/b20-9-. The first-order valence-electron chi connectivity index (χ1n) is 8.07. The zero-order chi connectivity index (χ0) is 19.0. The lowest BCUT2D eigenvalue weighted by molar-refractivity contribution is -0.385. The molecule has 27 heavy (non-hydrogen) atoms. The van der Waals surface area contributed by atoms with Crippen molar-refractivity contribution in [3.05, 3.63) is 69.7 Å². The van der Waals surface area contributed by atoms with Crippen molar-refractivity contribution in [2.45, 2.75) is 6.92 Å². The number of aromatic amines is 2. The van der Waals surface area contributed by atoms with Crippen molar-refractivity contribution in [3.8, 4) is 0 Å². The van der Waals surface area contributed by atoms with Gasteiger partial charge in [0.25, 0.3) is 11.6 Å². The maximum absolute atomic E-state index is 12.4. The molecule has 0 aliphatic rings. The molecule has 0 bridgehead atoms. The fourth-order valence-electron chi connectivity index (χ4n) is 2.93. The van der Waals surface area contributed by atoms with Crippen LogP contribution < -0.4 is 5.43 Å². The Bertz CT molecular complexity index is 1220. The molecule has 9 nitrogen and oxygen atoms in total. The highest BCUT2D eigenvalue weighted by Crippen LogP contribution is 2.24. The molecule has 0 aliphatic heterocycles. The van der Waals surface area contributed by atoms with E-state index in [9.17, 15) is 14.9 Å². The maximum Gasteiger partial charge on any atom is 0.284 e. The van der Waals surface area contributed by atoms with Gasteiger partial charge in [0.1, 0.15) is 11.4 Å². The number of carbonyl (C=O) groups is 1. The van der Waals surface area contributed by atoms with E-state index in [0.29, 0.717) is 16.9 Å². The summed E-state index contributed by atoms with van der Waals surface area (Å²) in [4.78, 5) is 33.4. The quantitative estimate of drug-likeness (QED) is 0.293. The summed E-state index contributed by atoms with van der Waals surface area (Å²) < 4.78 is 0. The minimum absolute atomic E-state index is 0.102. The number of nitrogens with zero attached hydrogens (tertiary/aromatic N) is 3. The van der Waals surface area contributed by atoms with Crippen LogP contribution in [0.1, 0.15) is 21.7 Å². The van der Waals surface area contributed by atoms with Crippen LogP contribution in [0.25, 0.3) is 21.9 Å². The van der Waals surface area contributed by atoms with Crippen molar-refractivity contribution in [2.24, 2.45) is 5.10 Å². The summed E-state index contributed by atoms with van der Waals surface area (Å²) in [6, 6.07) is 10.3. The lowest BCUT2D eigenvalue weighted by atomic mass is 10.1. The number of imidazole rings is 1. The van der Waals surface area contributed by atoms with Crippen LogP contribution in [0.5, 0.6) is 0 Å². The molecule has 134 valence electrons. The molecule has 2 aromatic carbocycles. The molecular weight excluding hydrogens is 348 g/mol. The normalized spacial score (nSPS) is 11.4. The average molecular weight is 362 g/mol. The van der Waals surface area contributed by atoms with Crippen LogP contribution in [0, 0.1) is 17.0 Å². The van der Waals surface area contributed by atoms with Gasteiger partial charge in [0.15, 0.2) is 0 Å². The van der Waals surface area contributed by atoms with Crippen LogP contribution in [0.15, 0.2) is 47.7 Å². The first-order valence-corrected chi connectivity index (χ1v) is 8.07. The lowest BCUT2D eigenvalue weighted by Crippen LogP contribution is -2.19. The van der Waals surface area contributed by atoms with Gasteiger partial charge in [-0.1, -0.05) is 18.2 Å². The summed E-state index contributed by atoms with van der Waals surface area (Å²) in [5.41, 5.74) is 4.64. The number of hydrogen-bond acceptors (Lipinski definition) is 5. The number of para-hydroxylation sites is 1. The highest BCUT2D eigenvalue weighted by Gasteiger charge is 2.22. The predicted molar refractivity (Wildman–Crippen MR) is 101 cm³/mol. The van der Waals surface area contributed by atoms with E-state index in [1.54, 1.807) is 13.1 Å². The SMILES string of the molecule is Cc1nc2cc(C(=O)N/N=C\c3c[nH]c4ccccc34)c([N+](=O)[O-])cc2[nH]1. The molecule has 0 spiro atoms. The highest BCUT2D eigenvalue weighted by molar-refractivity contribution is 6.03. The van der Waals surface area contributed by atoms with Gasteiger partial charge < -0.3 is 9.97 Å². The van der Waals surface area contributed by atoms with Crippen molar-refractivity contribution in [2.75, 3.05) is 0 Å². The summed E-state index contributed by atoms with van der Waals surface area (Å²) in [7, 11) is 0. The van der Waals surface area contributed by atoms with Crippen molar-refractivity contribution >= 4 is 39.7 Å². The number of carbonyl (C=O) groups excluding carboxylic acids is 1. The van der Waals surface area contributed by atoms with Gasteiger partial charge in [-0.05, 0) is 19.1 Å². The lowest BCUT2D eigenvalue weighted by Gasteiger charge is -2.02. The van der Waals surface area contributed by atoms with Gasteiger partial charge in [-0.15, -0.1) is 0 Å². The molecule has 2 heterocycles. The molecule has 1 amide bonds. The third-order valence-electron chi connectivity index (χ3n) is 4.15. The zero-order valence-electron chi connectivity index (χ0n) is 14.2. The number of aryl methyl sites for hydroxylation is 1. The number of hydrazone groups is 1. The van der Waals surface area contributed by atoms with Crippen LogP contribution in [-0.4, -0.2) is 32.0 Å². The number of rotatable bonds is 4. The second kappa shape index (κ2) is 6.37. The van der Waals surface area contributed by atoms with Gasteiger partial charge in [0.05, 0.1) is 22.2 Å². The number of nitro benzene ring substituents is 1. The second-order valence-electron chi connectivity index (χ2n) is 5.95. The van der Waals surface area contributed by atoms with Gasteiger partial charge >= 0.3 is 0 Å². The Morgan fingerprint density at radius 2 is 2.11 bits per heavy atom. The van der Waals surface area contributed by atoms with Gasteiger partial charge in [-0.25, -0.2) is 10.4 Å². The average Bonchev–Trinajstić information content (AvgIpc) is 3.22. The van der Waals surface area contributed by atoms with Crippen LogP contribution in [0.4, 0.5) is 5.69 Å². The van der Waals surface area contributed by atoms with E-state index >= 15 is 0 Å². The summed E-state index contributed by atoms with van der Waals surface area (Å²) in [6.07, 6.45) is 3.25. The van der Waals surface area contributed by atoms with Crippen LogP contribution >= 0.6 is 0 Å². The summed E-state index contributed by atoms with van der Waals surface area (Å²) in [6.45, 7) is 1.73. The molecule has 0 radical (unpaired) electrons. The fourth-order valence-corrected chi connectivity index (χ4v) is 2.93. The van der Waals surface area contributed by atoms with Crippen molar-refractivity contribution in [1.29, 1.82) is 0 Å². The number of H-pyrrole nitrogens is 2. The Hall–Kier alpha value is -4.01. The largest absolute Gasteiger partial charge is 0.361 e. The second-order valence-corrected chi connectivity index (χ2v) is 5.95. The number of hydrogen-bond donors (Lipinski definition) is 3. The topological polar surface area (TPSA) is 129 Å².